The predicted octanol–water partition coefficient (Wildman–Crippen LogP) is 8.03. The normalized spacial score (nSPS) is 28.2. The number of carbonyl (C=O) groups is 4. The van der Waals surface area contributed by atoms with Gasteiger partial charge in [0.2, 0.25) is 17.6 Å². The van der Waals surface area contributed by atoms with Gasteiger partial charge in [-0.1, -0.05) is 36.4 Å². The second-order valence-corrected chi connectivity index (χ2v) is 15.5. The molecule has 4 amide bonds. The fraction of sp³-hybridized carbons (Fsp3) is 0.257. The molecule has 0 bridgehead atoms. The van der Waals surface area contributed by atoms with Gasteiger partial charge in [-0.25, -0.2) is 26.9 Å². The molecule has 4 aliphatic rings. The summed E-state index contributed by atoms with van der Waals surface area (Å²) in [4.78, 5) is 52.4. The van der Waals surface area contributed by atoms with E-state index in [-0.39, 0.29) is 42.8 Å². The van der Waals surface area contributed by atoms with Crippen LogP contribution in [-0.4, -0.2) is 45.6 Å². The zero-order valence-electron chi connectivity index (χ0n) is 26.3. The summed E-state index contributed by atoms with van der Waals surface area (Å²) < 4.78 is 79.1. The minimum absolute atomic E-state index is 0.0185. The van der Waals surface area contributed by atoms with Crippen LogP contribution in [0.25, 0.3) is 6.08 Å². The number of nitrogens with zero attached hydrogens (tertiary/aromatic N) is 2. The standard InChI is InChI=1S/C35H21Br2Cl2F5N2O6/c1-3-12-4-6-13(7-5-12)45-30(48)15-9-8-14-17(19(15)31(45)49)11-34(38)32(50)46(28-26(43)24(41)23(40)25(42)27(28)44)33(51)35(34,39)20(14)16-10-18(52-2)29(47)22(37)21(16)36/h3-8,10,15,17,19-20,47H,1,9,11H2,2H3/t15-,17+,19-,20+,34+,35-/m0/s1. The quantitative estimate of drug-likeness (QED) is 0.0696. The van der Waals surface area contributed by atoms with E-state index in [1.54, 1.807) is 36.4 Å². The molecule has 2 aliphatic carbocycles. The molecule has 8 nitrogen and oxygen atoms in total. The molecule has 0 radical (unpaired) electrons. The number of aromatic hydroxyl groups is 1. The van der Waals surface area contributed by atoms with Crippen molar-refractivity contribution < 1.29 is 51.0 Å². The number of amides is 4. The Hall–Kier alpha value is -3.79. The van der Waals surface area contributed by atoms with Gasteiger partial charge in [0.05, 0.1) is 29.1 Å². The van der Waals surface area contributed by atoms with E-state index in [1.807, 2.05) is 0 Å². The third kappa shape index (κ3) is 4.61. The number of fused-ring (bicyclic) bond motifs is 4. The van der Waals surface area contributed by atoms with E-state index in [2.05, 4.69) is 38.4 Å². The van der Waals surface area contributed by atoms with E-state index >= 15 is 8.78 Å². The number of benzene rings is 3. The van der Waals surface area contributed by atoms with Gasteiger partial charge in [0.1, 0.15) is 5.69 Å². The molecule has 0 spiro atoms. The number of anilines is 2. The molecule has 7 rings (SSSR count). The highest BCUT2D eigenvalue weighted by Crippen LogP contribution is 2.67. The molecule has 2 aliphatic heterocycles. The highest BCUT2D eigenvalue weighted by atomic mass is 79.9. The molecule has 1 N–H and O–H groups in total. The number of phenols is 1. The minimum atomic E-state index is -2.77. The Morgan fingerprint density at radius 3 is 2.06 bits per heavy atom. The van der Waals surface area contributed by atoms with Crippen LogP contribution in [0.5, 0.6) is 11.5 Å². The topological polar surface area (TPSA) is 104 Å². The smallest absolute Gasteiger partial charge is 0.258 e. The average Bonchev–Trinajstić information content (AvgIpc) is 3.47. The van der Waals surface area contributed by atoms with E-state index in [1.165, 1.54) is 13.2 Å². The number of imide groups is 2. The third-order valence-corrected chi connectivity index (χ3v) is 13.9. The number of methoxy groups -OCH3 is 1. The highest BCUT2D eigenvalue weighted by Gasteiger charge is 2.77. The predicted molar refractivity (Wildman–Crippen MR) is 186 cm³/mol. The average molecular weight is 891 g/mol. The molecule has 0 unspecified atom stereocenters. The molecule has 17 heteroatoms. The number of hydrogen-bond acceptors (Lipinski definition) is 6. The number of halogens is 9. The molecular formula is C35H21Br2Cl2F5N2O6. The van der Waals surface area contributed by atoms with Gasteiger partial charge in [0.25, 0.3) is 11.8 Å². The van der Waals surface area contributed by atoms with E-state index in [4.69, 9.17) is 27.9 Å². The summed E-state index contributed by atoms with van der Waals surface area (Å²) in [6, 6.07) is 7.64. The lowest BCUT2D eigenvalue weighted by molar-refractivity contribution is -0.125. The second-order valence-electron chi connectivity index (χ2n) is 12.6. The Morgan fingerprint density at radius 2 is 1.48 bits per heavy atom. The molecule has 6 atom stereocenters. The van der Waals surface area contributed by atoms with Crippen molar-refractivity contribution in [3.05, 3.63) is 97.7 Å². The van der Waals surface area contributed by atoms with Gasteiger partial charge in [-0.15, -0.1) is 23.2 Å². The fourth-order valence-corrected chi connectivity index (χ4v) is 9.79. The first kappa shape index (κ1) is 36.6. The lowest BCUT2D eigenvalue weighted by Crippen LogP contribution is -2.60. The highest BCUT2D eigenvalue weighted by molar-refractivity contribution is 9.13. The van der Waals surface area contributed by atoms with Crippen molar-refractivity contribution in [3.63, 3.8) is 0 Å². The molecule has 3 aromatic rings. The molecule has 52 heavy (non-hydrogen) atoms. The van der Waals surface area contributed by atoms with Crippen LogP contribution in [0.3, 0.4) is 0 Å². The van der Waals surface area contributed by atoms with Crippen LogP contribution in [0.2, 0.25) is 0 Å². The number of rotatable bonds is 5. The monoisotopic (exact) mass is 888 g/mol. The molecule has 2 saturated heterocycles. The summed E-state index contributed by atoms with van der Waals surface area (Å²) >= 11 is 21.0. The third-order valence-electron chi connectivity index (χ3n) is 10.3. The summed E-state index contributed by atoms with van der Waals surface area (Å²) in [6.45, 7) is 3.69. The maximum atomic E-state index is 15.3. The number of ether oxygens (including phenoxy) is 1. The zero-order valence-corrected chi connectivity index (χ0v) is 30.9. The van der Waals surface area contributed by atoms with Crippen molar-refractivity contribution in [2.24, 2.45) is 17.8 Å². The fourth-order valence-electron chi connectivity index (χ4n) is 7.90. The largest absolute Gasteiger partial charge is 0.503 e. The molecule has 2 heterocycles. The molecule has 3 aromatic carbocycles. The van der Waals surface area contributed by atoms with Gasteiger partial charge in [-0.3, -0.25) is 24.1 Å². The zero-order chi connectivity index (χ0) is 37.9. The minimum Gasteiger partial charge on any atom is -0.503 e. The Kier molecular flexibility index (Phi) is 8.71. The van der Waals surface area contributed by atoms with Gasteiger partial charge in [-0.2, -0.15) is 0 Å². The van der Waals surface area contributed by atoms with Crippen molar-refractivity contribution in [3.8, 4) is 11.5 Å². The maximum absolute atomic E-state index is 15.3. The lowest BCUT2D eigenvalue weighted by Gasteiger charge is -2.51. The van der Waals surface area contributed by atoms with Crippen LogP contribution in [0.1, 0.15) is 29.9 Å². The van der Waals surface area contributed by atoms with E-state index < -0.39 is 104 Å². The summed E-state index contributed by atoms with van der Waals surface area (Å²) in [5.41, 5.74) is -0.691. The van der Waals surface area contributed by atoms with Crippen molar-refractivity contribution in [1.82, 2.24) is 0 Å². The van der Waals surface area contributed by atoms with Crippen LogP contribution < -0.4 is 14.5 Å². The maximum Gasteiger partial charge on any atom is 0.258 e. The molecule has 0 aromatic heterocycles. The van der Waals surface area contributed by atoms with E-state index in [0.717, 1.165) is 4.90 Å². The Bertz CT molecular complexity index is 2200. The summed E-state index contributed by atoms with van der Waals surface area (Å²) in [5.74, 6) is -22.4. The first-order valence-corrected chi connectivity index (χ1v) is 17.6. The molecular weight excluding hydrogens is 870 g/mol. The van der Waals surface area contributed by atoms with Crippen LogP contribution in [0.4, 0.5) is 33.3 Å². The first-order valence-electron chi connectivity index (χ1n) is 15.3. The van der Waals surface area contributed by atoms with E-state index in [9.17, 15) is 37.5 Å². The molecule has 1 saturated carbocycles. The molecule has 3 fully saturated rings. The van der Waals surface area contributed by atoms with E-state index in [0.29, 0.717) is 5.56 Å². The van der Waals surface area contributed by atoms with Gasteiger partial charge in [0.15, 0.2) is 44.5 Å². The van der Waals surface area contributed by atoms with Crippen LogP contribution in [0.15, 0.2) is 57.5 Å². The second kappa shape index (κ2) is 12.4. The number of alkyl halides is 2. The van der Waals surface area contributed by atoms with Crippen LogP contribution >= 0.6 is 55.1 Å². The van der Waals surface area contributed by atoms with Gasteiger partial charge < -0.3 is 9.84 Å². The van der Waals surface area contributed by atoms with Gasteiger partial charge in [0, 0.05) is 10.4 Å². The summed E-state index contributed by atoms with van der Waals surface area (Å²) in [6.07, 6.45) is 2.40. The summed E-state index contributed by atoms with van der Waals surface area (Å²) in [5, 5.41) is 10.7. The summed E-state index contributed by atoms with van der Waals surface area (Å²) in [7, 11) is 1.21. The van der Waals surface area contributed by atoms with Crippen molar-refractivity contribution in [1.29, 1.82) is 0 Å². The number of phenolic OH excluding ortho intramolecular Hbond substituents is 1. The van der Waals surface area contributed by atoms with Gasteiger partial charge >= 0.3 is 0 Å². The van der Waals surface area contributed by atoms with Crippen molar-refractivity contribution in [2.75, 3.05) is 16.9 Å². The SMILES string of the molecule is C=Cc1ccc(N2C(=O)[C@H]3[C@H](CC=C4[C@H]3C[C@@]3(Cl)C(=O)N(c5c(F)c(F)c(F)c(F)c5F)C(=O)[C@@]3(Cl)[C@H]4c3cc(OC)c(O)c(Br)c3Br)C2=O)cc1. The molecule has 270 valence electrons. The van der Waals surface area contributed by atoms with Crippen molar-refractivity contribution in [2.45, 2.75) is 28.5 Å². The number of hydrogen-bond donors (Lipinski definition) is 1. The Labute approximate surface area is 318 Å². The van der Waals surface area contributed by atoms with Crippen molar-refractivity contribution >= 4 is 96.1 Å². The Morgan fingerprint density at radius 1 is 0.885 bits per heavy atom. The number of carbonyl (C=O) groups excluding carboxylic acids is 4. The number of allylic oxidation sites excluding steroid dienone is 2. The van der Waals surface area contributed by atoms with Crippen LogP contribution in [0, 0.1) is 46.8 Å². The van der Waals surface area contributed by atoms with Gasteiger partial charge in [-0.05, 0) is 79.9 Å². The van der Waals surface area contributed by atoms with Crippen LogP contribution in [-0.2, 0) is 19.2 Å². The lowest BCUT2D eigenvalue weighted by atomic mass is 9.56. The first-order chi connectivity index (χ1) is 24.5. The Balaban J connectivity index is 1.46.